The quantitative estimate of drug-likeness (QED) is 0.622. The minimum absolute atomic E-state index is 0.128. The molecule has 0 N–H and O–H groups in total. The zero-order valence-corrected chi connectivity index (χ0v) is 11.0. The topological polar surface area (TPSA) is 47.3 Å². The third-order valence-corrected chi connectivity index (χ3v) is 3.75. The second-order valence-corrected chi connectivity index (χ2v) is 5.11. The van der Waals surface area contributed by atoms with Crippen molar-refractivity contribution in [1.82, 2.24) is 0 Å². The lowest BCUT2D eigenvalue weighted by Crippen LogP contribution is -2.21. The van der Waals surface area contributed by atoms with Crippen LogP contribution in [0, 0.1) is 12.8 Å². The maximum Gasteiger partial charge on any atom is 0.177 e. The second kappa shape index (κ2) is 4.35. The molecule has 19 heavy (non-hydrogen) atoms. The summed E-state index contributed by atoms with van der Waals surface area (Å²) in [6.07, 6.45) is 1.88. The first kappa shape index (κ1) is 12.2. The molecule has 0 fully saturated rings. The first-order chi connectivity index (χ1) is 9.08. The van der Waals surface area contributed by atoms with Crippen LogP contribution >= 0.6 is 11.6 Å². The number of benzene rings is 1. The number of aryl methyl sites for hydroxylation is 1. The monoisotopic (exact) mass is 274 g/mol. The highest BCUT2D eigenvalue weighted by molar-refractivity contribution is 6.31. The van der Waals surface area contributed by atoms with Gasteiger partial charge in [0.1, 0.15) is 5.76 Å². The van der Waals surface area contributed by atoms with Crippen molar-refractivity contribution in [3.8, 4) is 0 Å². The molecule has 0 aliphatic heterocycles. The Kier molecular flexibility index (Phi) is 2.79. The minimum Gasteiger partial charge on any atom is -0.469 e. The fourth-order valence-corrected chi connectivity index (χ4v) is 2.71. The minimum atomic E-state index is -0.648. The molecule has 0 bridgehead atoms. The number of carbonyl (C=O) groups excluding carboxylic acids is 2. The van der Waals surface area contributed by atoms with Gasteiger partial charge in [0.2, 0.25) is 0 Å². The molecule has 0 amide bonds. The molecule has 3 nitrogen and oxygen atoms in total. The third kappa shape index (κ3) is 1.90. The summed E-state index contributed by atoms with van der Waals surface area (Å²) in [5.41, 5.74) is 1.93. The molecule has 4 heteroatoms. The summed E-state index contributed by atoms with van der Waals surface area (Å²) in [5.74, 6) is -0.405. The maximum atomic E-state index is 12.4. The highest BCUT2D eigenvalue weighted by Gasteiger charge is 2.37. The normalized spacial score (nSPS) is 17.6. The van der Waals surface area contributed by atoms with Gasteiger partial charge in [-0.15, -0.1) is 0 Å². The molecular weight excluding hydrogens is 264 g/mol. The predicted molar refractivity (Wildman–Crippen MR) is 70.8 cm³/mol. The Morgan fingerprint density at radius 1 is 1.37 bits per heavy atom. The van der Waals surface area contributed by atoms with E-state index in [0.29, 0.717) is 28.3 Å². The van der Waals surface area contributed by atoms with E-state index in [4.69, 9.17) is 16.0 Å². The number of carbonyl (C=O) groups is 2. The van der Waals surface area contributed by atoms with Gasteiger partial charge in [0, 0.05) is 10.6 Å². The van der Waals surface area contributed by atoms with Crippen LogP contribution < -0.4 is 0 Å². The lowest BCUT2D eigenvalue weighted by Gasteiger charge is -2.05. The van der Waals surface area contributed by atoms with Crippen LogP contribution in [0.5, 0.6) is 0 Å². The summed E-state index contributed by atoms with van der Waals surface area (Å²) in [5, 5.41) is 0.583. The van der Waals surface area contributed by atoms with Crippen LogP contribution in [0.1, 0.15) is 32.0 Å². The SMILES string of the molecule is Cc1occc1C(=O)C1Cc2cc(Cl)ccc2C1=O. The van der Waals surface area contributed by atoms with Gasteiger partial charge in [0.05, 0.1) is 17.7 Å². The Hall–Kier alpha value is -1.87. The van der Waals surface area contributed by atoms with Gasteiger partial charge < -0.3 is 4.42 Å². The zero-order valence-electron chi connectivity index (χ0n) is 10.3. The summed E-state index contributed by atoms with van der Waals surface area (Å²) in [6, 6.07) is 6.73. The molecule has 96 valence electrons. The van der Waals surface area contributed by atoms with Gasteiger partial charge in [-0.3, -0.25) is 9.59 Å². The van der Waals surface area contributed by atoms with E-state index in [1.165, 1.54) is 6.26 Å². The van der Waals surface area contributed by atoms with Crippen LogP contribution in [0.4, 0.5) is 0 Å². The lowest BCUT2D eigenvalue weighted by molar-refractivity contribution is 0.0821. The molecule has 1 atom stereocenters. The molecule has 1 unspecified atom stereocenters. The van der Waals surface area contributed by atoms with E-state index in [2.05, 4.69) is 0 Å². The fraction of sp³-hybridized carbons (Fsp3) is 0.200. The van der Waals surface area contributed by atoms with Gasteiger partial charge in [-0.05, 0) is 43.2 Å². The van der Waals surface area contributed by atoms with E-state index in [1.54, 1.807) is 31.2 Å². The fourth-order valence-electron chi connectivity index (χ4n) is 2.51. The molecular formula is C15H11ClO3. The highest BCUT2D eigenvalue weighted by Crippen LogP contribution is 2.31. The second-order valence-electron chi connectivity index (χ2n) is 4.68. The molecule has 0 spiro atoms. The number of Topliss-reactive ketones (excluding diaryl/α,β-unsaturated/α-hetero) is 2. The van der Waals surface area contributed by atoms with Gasteiger partial charge in [-0.25, -0.2) is 0 Å². The van der Waals surface area contributed by atoms with Gasteiger partial charge in [0.25, 0.3) is 0 Å². The van der Waals surface area contributed by atoms with Crippen LogP contribution in [0.15, 0.2) is 34.9 Å². The Labute approximate surface area is 115 Å². The smallest absolute Gasteiger partial charge is 0.177 e. The Bertz CT molecular complexity index is 684. The highest BCUT2D eigenvalue weighted by atomic mass is 35.5. The number of rotatable bonds is 2. The van der Waals surface area contributed by atoms with Crippen molar-refractivity contribution in [2.24, 2.45) is 5.92 Å². The predicted octanol–water partition coefficient (Wildman–Crippen LogP) is 3.48. The van der Waals surface area contributed by atoms with Crippen LogP contribution in [-0.2, 0) is 6.42 Å². The number of hydrogen-bond acceptors (Lipinski definition) is 3. The van der Waals surface area contributed by atoms with Crippen molar-refractivity contribution in [3.63, 3.8) is 0 Å². The van der Waals surface area contributed by atoms with Crippen molar-refractivity contribution in [2.45, 2.75) is 13.3 Å². The molecule has 1 heterocycles. The zero-order chi connectivity index (χ0) is 13.6. The van der Waals surface area contributed by atoms with Gasteiger partial charge >= 0.3 is 0 Å². The van der Waals surface area contributed by atoms with Gasteiger partial charge in [-0.1, -0.05) is 11.6 Å². The van der Waals surface area contributed by atoms with E-state index >= 15 is 0 Å². The van der Waals surface area contributed by atoms with E-state index < -0.39 is 5.92 Å². The number of halogens is 1. The molecule has 0 saturated heterocycles. The third-order valence-electron chi connectivity index (χ3n) is 3.51. The molecule has 2 aromatic rings. The maximum absolute atomic E-state index is 12.4. The van der Waals surface area contributed by atoms with Crippen LogP contribution in [0.2, 0.25) is 5.02 Å². The first-order valence-corrected chi connectivity index (χ1v) is 6.36. The molecule has 1 aliphatic carbocycles. The standard InChI is InChI=1S/C15H11ClO3/c1-8-11(4-5-19-8)14(17)13-7-9-6-10(16)2-3-12(9)15(13)18/h2-6,13H,7H2,1H3. The van der Waals surface area contributed by atoms with Crippen molar-refractivity contribution in [1.29, 1.82) is 0 Å². The summed E-state index contributed by atoms with van der Waals surface area (Å²) in [6.45, 7) is 1.72. The summed E-state index contributed by atoms with van der Waals surface area (Å²) < 4.78 is 5.12. The van der Waals surface area contributed by atoms with Crippen LogP contribution in [0.3, 0.4) is 0 Å². The van der Waals surface area contributed by atoms with Crippen molar-refractivity contribution >= 4 is 23.2 Å². The lowest BCUT2D eigenvalue weighted by atomic mass is 9.94. The molecule has 0 radical (unpaired) electrons. The molecule has 1 aliphatic rings. The number of furan rings is 1. The van der Waals surface area contributed by atoms with Crippen LogP contribution in [-0.4, -0.2) is 11.6 Å². The molecule has 1 aromatic carbocycles. The Morgan fingerprint density at radius 3 is 2.84 bits per heavy atom. The molecule has 0 saturated carbocycles. The van der Waals surface area contributed by atoms with Gasteiger partial charge in [0.15, 0.2) is 11.6 Å². The van der Waals surface area contributed by atoms with Crippen molar-refractivity contribution < 1.29 is 14.0 Å². The summed E-state index contributed by atoms with van der Waals surface area (Å²) >= 11 is 5.91. The van der Waals surface area contributed by atoms with E-state index in [1.807, 2.05) is 0 Å². The summed E-state index contributed by atoms with van der Waals surface area (Å²) in [7, 11) is 0. The average Bonchev–Trinajstić information content (AvgIpc) is 2.93. The Balaban J connectivity index is 1.96. The van der Waals surface area contributed by atoms with Crippen LogP contribution in [0.25, 0.3) is 0 Å². The first-order valence-electron chi connectivity index (χ1n) is 5.99. The molecule has 1 aromatic heterocycles. The van der Waals surface area contributed by atoms with Gasteiger partial charge in [-0.2, -0.15) is 0 Å². The number of hydrogen-bond donors (Lipinski definition) is 0. The van der Waals surface area contributed by atoms with E-state index in [0.717, 1.165) is 5.56 Å². The average molecular weight is 275 g/mol. The number of ketones is 2. The Morgan fingerprint density at radius 2 is 2.16 bits per heavy atom. The summed E-state index contributed by atoms with van der Waals surface area (Å²) in [4.78, 5) is 24.6. The van der Waals surface area contributed by atoms with E-state index in [9.17, 15) is 9.59 Å². The van der Waals surface area contributed by atoms with Crippen molar-refractivity contribution in [2.75, 3.05) is 0 Å². The largest absolute Gasteiger partial charge is 0.469 e. The van der Waals surface area contributed by atoms with Crippen molar-refractivity contribution in [3.05, 3.63) is 58.0 Å². The van der Waals surface area contributed by atoms with E-state index in [-0.39, 0.29) is 11.6 Å². The number of fused-ring (bicyclic) bond motifs is 1. The molecule has 3 rings (SSSR count).